The molecule has 0 bridgehead atoms. The summed E-state index contributed by atoms with van der Waals surface area (Å²) >= 11 is 1.18. The van der Waals surface area contributed by atoms with Gasteiger partial charge in [-0.3, -0.25) is 47.9 Å². The van der Waals surface area contributed by atoms with E-state index in [4.69, 9.17) is 16.2 Å². The third-order valence-corrected chi connectivity index (χ3v) is 12.7. The van der Waals surface area contributed by atoms with Crippen LogP contribution >= 0.6 is 11.8 Å². The van der Waals surface area contributed by atoms with Crippen molar-refractivity contribution in [3.8, 4) is 5.75 Å². The molecule has 10 amide bonds. The van der Waals surface area contributed by atoms with Gasteiger partial charge in [0.2, 0.25) is 59.1 Å². The van der Waals surface area contributed by atoms with Gasteiger partial charge in [-0.05, 0) is 67.4 Å². The third kappa shape index (κ3) is 18.9. The molecule has 3 rings (SSSR count). The molecule has 0 spiro atoms. The van der Waals surface area contributed by atoms with Crippen molar-refractivity contribution in [3.63, 3.8) is 0 Å². The molecule has 12 N–H and O–H groups in total. The Morgan fingerprint density at radius 1 is 0.855 bits per heavy atom. The number of rotatable bonds is 17. The minimum Gasteiger partial charge on any atom is -0.497 e. The molecular formula is C45H68N10O13S. The van der Waals surface area contributed by atoms with Crippen LogP contribution in [0.25, 0.3) is 0 Å². The number of likely N-dealkylation sites (tertiary alicyclic amines) is 1. The van der Waals surface area contributed by atoms with Crippen molar-refractivity contribution in [2.75, 3.05) is 31.7 Å². The van der Waals surface area contributed by atoms with Crippen LogP contribution in [0.4, 0.5) is 0 Å². The molecule has 1 aromatic carbocycles. The minimum atomic E-state index is -1.91. The predicted molar refractivity (Wildman–Crippen MR) is 251 cm³/mol. The molecule has 2 saturated heterocycles. The second-order valence-corrected chi connectivity index (χ2v) is 18.7. The lowest BCUT2D eigenvalue weighted by Gasteiger charge is -2.30. The largest absolute Gasteiger partial charge is 0.497 e. The van der Waals surface area contributed by atoms with Crippen molar-refractivity contribution in [3.05, 3.63) is 29.8 Å². The van der Waals surface area contributed by atoms with Crippen LogP contribution in [0, 0.1) is 11.8 Å². The van der Waals surface area contributed by atoms with E-state index in [0.29, 0.717) is 24.2 Å². The summed E-state index contributed by atoms with van der Waals surface area (Å²) in [7, 11) is 1.49. The SMILES string of the molecule is CC[C@H](C)[C@@H]1NC(=O)[C@H](Cc2ccc(OC)cc2)NC(=O)CCCSC[C@@H](C(=O)N2CCC[C@H]2C(=O)N[C@@H](CC(C)C)C(=O)NCC(N)=O)NC(=O)C[C@@H](C(=O)O)NC(=O)[C@H](CCC(N)=O)NC1=O. The summed E-state index contributed by atoms with van der Waals surface area (Å²) in [4.78, 5) is 147. The molecule has 0 saturated carbocycles. The zero-order valence-electron chi connectivity index (χ0n) is 39.8. The fraction of sp³-hybridized carbons (Fsp3) is 0.622. The van der Waals surface area contributed by atoms with Gasteiger partial charge in [0.05, 0.1) is 20.1 Å². The molecule has 24 heteroatoms. The molecule has 69 heavy (non-hydrogen) atoms. The first kappa shape index (κ1) is 56.9. The van der Waals surface area contributed by atoms with Crippen molar-refractivity contribution in [2.24, 2.45) is 23.3 Å². The van der Waals surface area contributed by atoms with E-state index in [1.807, 2.05) is 13.8 Å². The maximum atomic E-state index is 14.3. The average Bonchev–Trinajstić information content (AvgIpc) is 3.79. The Balaban J connectivity index is 1.98. The lowest BCUT2D eigenvalue weighted by molar-refractivity contribution is -0.145. The van der Waals surface area contributed by atoms with Crippen LogP contribution in [0.15, 0.2) is 24.3 Å². The first-order chi connectivity index (χ1) is 32.6. The highest BCUT2D eigenvalue weighted by Gasteiger charge is 2.40. The first-order valence-electron chi connectivity index (χ1n) is 23.0. The molecule has 0 unspecified atom stereocenters. The Morgan fingerprint density at radius 3 is 2.14 bits per heavy atom. The molecule has 23 nitrogen and oxygen atoms in total. The number of hydrogen-bond donors (Lipinski definition) is 10. The van der Waals surface area contributed by atoms with Gasteiger partial charge in [-0.15, -0.1) is 0 Å². The van der Waals surface area contributed by atoms with Gasteiger partial charge in [-0.2, -0.15) is 11.8 Å². The molecule has 0 aromatic heterocycles. The van der Waals surface area contributed by atoms with E-state index < -0.39 is 139 Å². The normalized spacial score (nSPS) is 23.3. The fourth-order valence-corrected chi connectivity index (χ4v) is 8.62. The molecule has 382 valence electrons. The van der Waals surface area contributed by atoms with E-state index in [-0.39, 0.29) is 56.1 Å². The smallest absolute Gasteiger partial charge is 0.326 e. The van der Waals surface area contributed by atoms with Gasteiger partial charge in [0, 0.05) is 31.6 Å². The highest BCUT2D eigenvalue weighted by molar-refractivity contribution is 7.99. The third-order valence-electron chi connectivity index (χ3n) is 11.6. The number of carboxylic acid groups (broad SMARTS) is 1. The summed E-state index contributed by atoms with van der Waals surface area (Å²) in [5, 5.41) is 28.0. The number of nitrogens with one attached hydrogen (secondary N) is 7. The number of ether oxygens (including phenoxy) is 1. The second-order valence-electron chi connectivity index (χ2n) is 17.6. The first-order valence-corrected chi connectivity index (χ1v) is 24.2. The van der Waals surface area contributed by atoms with Crippen molar-refractivity contribution in [2.45, 2.75) is 134 Å². The van der Waals surface area contributed by atoms with Crippen LogP contribution in [0.5, 0.6) is 5.75 Å². The topological polar surface area (TPSA) is 357 Å². The number of thioether (sulfide) groups is 1. The van der Waals surface area contributed by atoms with Crippen LogP contribution in [0.3, 0.4) is 0 Å². The van der Waals surface area contributed by atoms with Crippen LogP contribution in [-0.2, 0) is 59.2 Å². The lowest BCUT2D eigenvalue weighted by atomic mass is 9.96. The van der Waals surface area contributed by atoms with E-state index in [2.05, 4.69) is 37.2 Å². The van der Waals surface area contributed by atoms with Crippen LogP contribution in [0.2, 0.25) is 0 Å². The van der Waals surface area contributed by atoms with E-state index in [1.165, 1.54) is 23.8 Å². The molecule has 2 aliphatic heterocycles. The Bertz CT molecular complexity index is 2020. The predicted octanol–water partition coefficient (Wildman–Crippen LogP) is -1.90. The van der Waals surface area contributed by atoms with Crippen molar-refractivity contribution in [1.29, 1.82) is 0 Å². The molecule has 2 fully saturated rings. The average molecular weight is 989 g/mol. The van der Waals surface area contributed by atoms with Crippen LogP contribution < -0.4 is 53.4 Å². The number of nitrogens with two attached hydrogens (primary N) is 2. The van der Waals surface area contributed by atoms with E-state index >= 15 is 0 Å². The van der Waals surface area contributed by atoms with Gasteiger partial charge in [0.1, 0.15) is 48.0 Å². The number of methoxy groups -OCH3 is 1. The maximum absolute atomic E-state index is 14.3. The summed E-state index contributed by atoms with van der Waals surface area (Å²) in [6.45, 7) is 6.72. The number of carboxylic acids is 1. The van der Waals surface area contributed by atoms with E-state index in [9.17, 15) is 57.8 Å². The molecule has 2 aliphatic rings. The quantitative estimate of drug-likeness (QED) is 0.0816. The summed E-state index contributed by atoms with van der Waals surface area (Å²) in [6, 6.07) is -2.68. The van der Waals surface area contributed by atoms with Gasteiger partial charge >= 0.3 is 5.97 Å². The maximum Gasteiger partial charge on any atom is 0.326 e. The lowest BCUT2D eigenvalue weighted by Crippen LogP contribution is -2.60. The van der Waals surface area contributed by atoms with Crippen molar-refractivity contribution >= 4 is 76.8 Å². The molecule has 0 aliphatic carbocycles. The highest BCUT2D eigenvalue weighted by Crippen LogP contribution is 2.22. The van der Waals surface area contributed by atoms with Gasteiger partial charge in [-0.25, -0.2) is 4.79 Å². The summed E-state index contributed by atoms with van der Waals surface area (Å²) in [5.74, 6) is -9.33. The number of carbonyl (C=O) groups is 11. The fourth-order valence-electron chi connectivity index (χ4n) is 7.64. The molecule has 0 radical (unpaired) electrons. The monoisotopic (exact) mass is 988 g/mol. The highest BCUT2D eigenvalue weighted by atomic mass is 32.2. The molecular weight excluding hydrogens is 921 g/mol. The second kappa shape index (κ2) is 28.1. The van der Waals surface area contributed by atoms with Gasteiger partial charge in [-0.1, -0.05) is 46.2 Å². The summed E-state index contributed by atoms with van der Waals surface area (Å²) in [6.07, 6.45) is -0.398. The van der Waals surface area contributed by atoms with Gasteiger partial charge in [0.15, 0.2) is 0 Å². The summed E-state index contributed by atoms with van der Waals surface area (Å²) in [5.41, 5.74) is 11.2. The Kier molecular flexibility index (Phi) is 23.2. The minimum absolute atomic E-state index is 0.00522. The zero-order chi connectivity index (χ0) is 51.4. The van der Waals surface area contributed by atoms with Crippen molar-refractivity contribution < 1.29 is 62.6 Å². The van der Waals surface area contributed by atoms with Gasteiger partial charge in [0.25, 0.3) is 0 Å². The molecule has 2 heterocycles. The number of hydrogen-bond acceptors (Lipinski definition) is 13. The van der Waals surface area contributed by atoms with E-state index in [1.54, 1.807) is 38.1 Å². The zero-order valence-corrected chi connectivity index (χ0v) is 40.6. The number of benzene rings is 1. The van der Waals surface area contributed by atoms with Gasteiger partial charge < -0.3 is 63.4 Å². The number of amides is 10. The Hall–Kier alpha value is -6.46. The van der Waals surface area contributed by atoms with Crippen molar-refractivity contribution in [1.82, 2.24) is 42.1 Å². The molecule has 1 aromatic rings. The number of aliphatic carboxylic acids is 1. The van der Waals surface area contributed by atoms with E-state index in [0.717, 1.165) is 0 Å². The standard InChI is InChI=1S/C45H68N10O13S/c1-6-25(4)38-43(64)51-28(15-16-34(46)56)40(61)53-31(45(66)67)21-37(59)50-32(23-69-18-8-10-36(58)49-30(41(62)54-38)20-26-11-13-27(68-5)14-12-26)44(65)55-17-7-9-33(55)42(63)52-29(19-24(2)3)39(60)48-22-35(47)57/h11-14,24-25,28-33,38H,6-10,15-23H2,1-5H3,(H2,46,56)(H2,47,57)(H,48,60)(H,49,58)(H,50,59)(H,51,64)(H,52,63)(H,53,61)(H,54,62)(H,66,67)/t25-,28-,29-,30-,31-,32-,33-,38-/m0/s1. The number of carbonyl (C=O) groups excluding carboxylic acids is 10. The summed E-state index contributed by atoms with van der Waals surface area (Å²) < 4.78 is 5.25. The van der Waals surface area contributed by atoms with Crippen LogP contribution in [0.1, 0.15) is 91.0 Å². The Morgan fingerprint density at radius 2 is 1.54 bits per heavy atom. The number of nitrogens with zero attached hydrogens (tertiary/aromatic N) is 1. The van der Waals surface area contributed by atoms with Crippen LogP contribution in [-0.4, -0.2) is 149 Å². The molecule has 8 atom stereocenters. The Labute approximate surface area is 405 Å². The number of primary amides is 2.